The van der Waals surface area contributed by atoms with Gasteiger partial charge in [-0.15, -0.1) is 0 Å². The van der Waals surface area contributed by atoms with Gasteiger partial charge in [0.1, 0.15) is 18.0 Å². The summed E-state index contributed by atoms with van der Waals surface area (Å²) in [5, 5.41) is 26.0. The number of nitro groups is 1. The molecule has 3 aliphatic rings. The Balaban J connectivity index is 1.91. The predicted molar refractivity (Wildman–Crippen MR) is 102 cm³/mol. The number of nitro benzene ring substituents is 1. The lowest BCUT2D eigenvalue weighted by Crippen LogP contribution is -2.31. The van der Waals surface area contributed by atoms with Crippen LogP contribution in [0.25, 0.3) is 5.70 Å². The van der Waals surface area contributed by atoms with E-state index in [9.17, 15) is 24.8 Å². The van der Waals surface area contributed by atoms with Crippen molar-refractivity contribution in [3.05, 3.63) is 68.7 Å². The number of hydrogen-bond donors (Lipinski definition) is 2. The van der Waals surface area contributed by atoms with E-state index in [0.717, 1.165) is 0 Å². The number of benzene rings is 1. The minimum atomic E-state index is -1.24. The number of allylic oxidation sites excluding steroid dienone is 3. The van der Waals surface area contributed by atoms with E-state index in [2.05, 4.69) is 5.10 Å². The number of carboxylic acid groups (broad SMARTS) is 1. The van der Waals surface area contributed by atoms with Gasteiger partial charge in [0, 0.05) is 30.5 Å². The van der Waals surface area contributed by atoms with Crippen LogP contribution in [-0.2, 0) is 19.1 Å². The van der Waals surface area contributed by atoms with E-state index in [0.29, 0.717) is 33.9 Å². The Morgan fingerprint density at radius 1 is 1.23 bits per heavy atom. The molecule has 0 bridgehead atoms. The van der Waals surface area contributed by atoms with Crippen molar-refractivity contribution < 1.29 is 29.1 Å². The van der Waals surface area contributed by atoms with Crippen LogP contribution in [0.1, 0.15) is 18.4 Å². The van der Waals surface area contributed by atoms with Crippen molar-refractivity contribution in [2.75, 3.05) is 13.3 Å². The Kier molecular flexibility index (Phi) is 4.70. The molecule has 2 aliphatic heterocycles. The molecule has 0 atom stereocenters. The van der Waals surface area contributed by atoms with Crippen molar-refractivity contribution in [2.24, 2.45) is 10.8 Å². The van der Waals surface area contributed by atoms with E-state index in [4.69, 9.17) is 15.2 Å². The number of nitrogens with zero attached hydrogens (tertiary/aromatic N) is 3. The van der Waals surface area contributed by atoms with Gasteiger partial charge in [0.15, 0.2) is 5.76 Å². The first-order valence-electron chi connectivity index (χ1n) is 8.87. The standard InChI is InChI=1S/C19H16N4O7/c20-17(24)8-22-18(10-1-3-12(4-2-10)23(27)28)13-7-16-15(29-9-30-16)6-11(13)5-14(21-22)19(25)26/h1-4,6H,5,7-9H2,(H2,20,24)(H,25,26). The zero-order valence-electron chi connectivity index (χ0n) is 15.5. The second kappa shape index (κ2) is 7.35. The number of primary amides is 1. The molecule has 1 amide bonds. The Morgan fingerprint density at radius 2 is 1.97 bits per heavy atom. The lowest BCUT2D eigenvalue weighted by atomic mass is 9.89. The Bertz CT molecular complexity index is 1080. The van der Waals surface area contributed by atoms with Crippen LogP contribution in [0, 0.1) is 10.1 Å². The number of ether oxygens (including phenoxy) is 2. The van der Waals surface area contributed by atoms with Gasteiger partial charge in [-0.3, -0.25) is 19.9 Å². The number of non-ortho nitro benzene ring substituents is 1. The summed E-state index contributed by atoms with van der Waals surface area (Å²) in [7, 11) is 0. The minimum Gasteiger partial charge on any atom is -0.477 e. The molecule has 0 saturated carbocycles. The number of hydrogen-bond acceptors (Lipinski definition) is 8. The molecule has 1 aromatic rings. The van der Waals surface area contributed by atoms with Crippen LogP contribution in [0.2, 0.25) is 0 Å². The minimum absolute atomic E-state index is 0.00342. The third-order valence-corrected chi connectivity index (χ3v) is 4.80. The fourth-order valence-corrected chi connectivity index (χ4v) is 3.50. The molecular weight excluding hydrogens is 396 g/mol. The highest BCUT2D eigenvalue weighted by atomic mass is 16.7. The number of carboxylic acids is 1. The second-order valence-corrected chi connectivity index (χ2v) is 6.72. The summed E-state index contributed by atoms with van der Waals surface area (Å²) in [4.78, 5) is 33.9. The third kappa shape index (κ3) is 3.48. The van der Waals surface area contributed by atoms with Gasteiger partial charge in [-0.1, -0.05) is 0 Å². The number of nitrogens with two attached hydrogens (primary N) is 1. The lowest BCUT2D eigenvalue weighted by Gasteiger charge is -2.25. The first-order chi connectivity index (χ1) is 14.3. The average Bonchev–Trinajstić information content (AvgIpc) is 3.08. The Labute approximate surface area is 169 Å². The molecule has 0 aromatic heterocycles. The van der Waals surface area contributed by atoms with Gasteiger partial charge in [-0.05, 0) is 29.4 Å². The van der Waals surface area contributed by atoms with Crippen molar-refractivity contribution in [1.82, 2.24) is 5.01 Å². The first kappa shape index (κ1) is 19.2. The third-order valence-electron chi connectivity index (χ3n) is 4.80. The molecule has 3 N–H and O–H groups in total. The van der Waals surface area contributed by atoms with Gasteiger partial charge in [0.25, 0.3) is 5.69 Å². The summed E-state index contributed by atoms with van der Waals surface area (Å²) in [6.45, 7) is -0.317. The quantitative estimate of drug-likeness (QED) is 0.544. The number of carbonyl (C=O) groups is 2. The van der Waals surface area contributed by atoms with Crippen molar-refractivity contribution >= 4 is 29.0 Å². The molecule has 0 spiro atoms. The van der Waals surface area contributed by atoms with E-state index < -0.39 is 16.8 Å². The zero-order chi connectivity index (χ0) is 21.4. The molecule has 154 valence electrons. The average molecular weight is 412 g/mol. The van der Waals surface area contributed by atoms with Gasteiger partial charge in [-0.2, -0.15) is 5.10 Å². The zero-order valence-corrected chi connectivity index (χ0v) is 15.5. The topological polar surface area (TPSA) is 158 Å². The Hall–Kier alpha value is -4.15. The molecule has 11 heteroatoms. The van der Waals surface area contributed by atoms with Crippen molar-refractivity contribution in [3.63, 3.8) is 0 Å². The Morgan fingerprint density at radius 3 is 2.60 bits per heavy atom. The smallest absolute Gasteiger partial charge is 0.352 e. The van der Waals surface area contributed by atoms with Gasteiger partial charge in [0.2, 0.25) is 12.7 Å². The van der Waals surface area contributed by atoms with Crippen molar-refractivity contribution in [3.8, 4) is 0 Å². The molecule has 0 radical (unpaired) electrons. The number of aliphatic carboxylic acids is 1. The molecule has 30 heavy (non-hydrogen) atoms. The predicted octanol–water partition coefficient (Wildman–Crippen LogP) is 1.48. The van der Waals surface area contributed by atoms with E-state index >= 15 is 0 Å². The van der Waals surface area contributed by atoms with E-state index in [1.54, 1.807) is 6.08 Å². The van der Waals surface area contributed by atoms with E-state index in [1.165, 1.54) is 29.3 Å². The highest BCUT2D eigenvalue weighted by molar-refractivity contribution is 6.36. The van der Waals surface area contributed by atoms with E-state index in [1.807, 2.05) is 0 Å². The second-order valence-electron chi connectivity index (χ2n) is 6.72. The maximum atomic E-state index is 11.7. The summed E-state index contributed by atoms with van der Waals surface area (Å²) < 4.78 is 10.9. The van der Waals surface area contributed by atoms with Crippen molar-refractivity contribution in [1.29, 1.82) is 0 Å². The van der Waals surface area contributed by atoms with Crippen LogP contribution in [0.3, 0.4) is 0 Å². The number of rotatable bonds is 5. The first-order valence-corrected chi connectivity index (χ1v) is 8.87. The van der Waals surface area contributed by atoms with Gasteiger partial charge < -0.3 is 20.3 Å². The van der Waals surface area contributed by atoms with Crippen LogP contribution < -0.4 is 5.73 Å². The summed E-state index contributed by atoms with van der Waals surface area (Å²) in [5.41, 5.74) is 7.34. The summed E-state index contributed by atoms with van der Waals surface area (Å²) in [6, 6.07) is 5.68. The monoisotopic (exact) mass is 412 g/mol. The number of carbonyl (C=O) groups excluding carboxylic acids is 1. The molecule has 0 unspecified atom stereocenters. The highest BCUT2D eigenvalue weighted by Gasteiger charge is 2.33. The maximum Gasteiger partial charge on any atom is 0.352 e. The number of amides is 1. The van der Waals surface area contributed by atoms with Crippen molar-refractivity contribution in [2.45, 2.75) is 12.8 Å². The number of fused-ring (bicyclic) bond motifs is 1. The molecule has 0 fully saturated rings. The van der Waals surface area contributed by atoms with Gasteiger partial charge in [0.05, 0.1) is 10.6 Å². The van der Waals surface area contributed by atoms with Crippen LogP contribution in [0.4, 0.5) is 5.69 Å². The molecule has 4 rings (SSSR count). The van der Waals surface area contributed by atoms with Gasteiger partial charge >= 0.3 is 5.97 Å². The van der Waals surface area contributed by atoms with Crippen LogP contribution in [-0.4, -0.2) is 46.0 Å². The summed E-state index contributed by atoms with van der Waals surface area (Å²) in [6.07, 6.45) is 1.97. The molecule has 11 nitrogen and oxygen atoms in total. The fraction of sp³-hybridized carbons (Fsp3) is 0.211. The normalized spacial score (nSPS) is 17.8. The summed E-state index contributed by atoms with van der Waals surface area (Å²) >= 11 is 0. The largest absolute Gasteiger partial charge is 0.477 e. The van der Waals surface area contributed by atoms with Gasteiger partial charge in [-0.25, -0.2) is 4.79 Å². The molecular formula is C19H16N4O7. The molecule has 1 aliphatic carbocycles. The molecule has 2 heterocycles. The highest BCUT2D eigenvalue weighted by Crippen LogP contribution is 2.41. The lowest BCUT2D eigenvalue weighted by molar-refractivity contribution is -0.384. The molecule has 0 saturated heterocycles. The molecule has 1 aromatic carbocycles. The SMILES string of the molecule is NC(=O)CN1N=C(C(=O)O)CC2=CC3=C(CC2=C1c1ccc([N+](=O)[O-])cc1)OCO3. The fourth-order valence-electron chi connectivity index (χ4n) is 3.50. The van der Waals surface area contributed by atoms with E-state index in [-0.39, 0.29) is 37.6 Å². The van der Waals surface area contributed by atoms with Crippen LogP contribution >= 0.6 is 0 Å². The maximum absolute atomic E-state index is 11.7. The van der Waals surface area contributed by atoms with Crippen LogP contribution in [0.15, 0.2) is 58.1 Å². The summed E-state index contributed by atoms with van der Waals surface area (Å²) in [5.74, 6) is -0.860. The van der Waals surface area contributed by atoms with Crippen LogP contribution in [0.5, 0.6) is 0 Å². The number of hydrazone groups is 1.